The van der Waals surface area contributed by atoms with E-state index in [1.165, 1.54) is 0 Å². The first-order valence-corrected chi connectivity index (χ1v) is 6.85. The monoisotopic (exact) mass is 301 g/mol. The van der Waals surface area contributed by atoms with Crippen LogP contribution in [0.1, 0.15) is 19.4 Å². The highest BCUT2D eigenvalue weighted by atomic mass is 16.2. The topological polar surface area (TPSA) is 63.2 Å². The molecule has 1 N–H and O–H groups in total. The van der Waals surface area contributed by atoms with Gasteiger partial charge in [0.25, 0.3) is 5.91 Å². The highest BCUT2D eigenvalue weighted by Crippen LogP contribution is 2.16. The standard InChI is InChI=1S/C17H20N2O3/c1-13(2)16(21)18-19(10-11-20,17(22)14(3)4)12-15-8-6-5-7-9-15/h5-9,11H,1,3,10,12H2,2,4H3/p+1. The van der Waals surface area contributed by atoms with E-state index in [-0.39, 0.29) is 24.2 Å². The van der Waals surface area contributed by atoms with Crippen LogP contribution >= 0.6 is 0 Å². The summed E-state index contributed by atoms with van der Waals surface area (Å²) in [6, 6.07) is 9.17. The number of hydrogen-bond donors (Lipinski definition) is 1. The van der Waals surface area contributed by atoms with E-state index in [1.54, 1.807) is 13.8 Å². The van der Waals surface area contributed by atoms with Crippen molar-refractivity contribution in [3.05, 3.63) is 60.2 Å². The van der Waals surface area contributed by atoms with Crippen LogP contribution in [0.3, 0.4) is 0 Å². The number of nitrogens with zero attached hydrogens (tertiary/aromatic N) is 1. The number of benzene rings is 1. The molecule has 0 aliphatic heterocycles. The number of carbonyl (C=O) groups is 3. The SMILES string of the molecule is C=C(C)C(=O)N[N+](CC=O)(Cc1ccccc1)C(=O)C(=C)C. The predicted molar refractivity (Wildman–Crippen MR) is 84.1 cm³/mol. The summed E-state index contributed by atoms with van der Waals surface area (Å²) in [5.41, 5.74) is 3.96. The van der Waals surface area contributed by atoms with Crippen molar-refractivity contribution >= 4 is 18.1 Å². The second kappa shape index (κ2) is 7.47. The number of carbonyl (C=O) groups excluding carboxylic acids is 3. The Morgan fingerprint density at radius 2 is 1.73 bits per heavy atom. The zero-order chi connectivity index (χ0) is 16.8. The lowest BCUT2D eigenvalue weighted by molar-refractivity contribution is -0.892. The van der Waals surface area contributed by atoms with Crippen molar-refractivity contribution < 1.29 is 19.0 Å². The Bertz CT molecular complexity index is 608. The van der Waals surface area contributed by atoms with Crippen LogP contribution in [0.25, 0.3) is 0 Å². The minimum Gasteiger partial charge on any atom is -0.297 e. The largest absolute Gasteiger partial charge is 0.365 e. The van der Waals surface area contributed by atoms with Gasteiger partial charge in [-0.15, -0.1) is 4.59 Å². The molecule has 0 aliphatic carbocycles. The third-order valence-corrected chi connectivity index (χ3v) is 3.14. The molecule has 0 aliphatic rings. The quantitative estimate of drug-likeness (QED) is 0.378. The van der Waals surface area contributed by atoms with E-state index < -0.39 is 16.4 Å². The molecule has 0 spiro atoms. The van der Waals surface area contributed by atoms with Crippen molar-refractivity contribution in [3.8, 4) is 0 Å². The van der Waals surface area contributed by atoms with E-state index >= 15 is 0 Å². The summed E-state index contributed by atoms with van der Waals surface area (Å²) < 4.78 is -0.533. The van der Waals surface area contributed by atoms with Gasteiger partial charge >= 0.3 is 5.91 Å². The van der Waals surface area contributed by atoms with Crippen molar-refractivity contribution in [3.63, 3.8) is 0 Å². The summed E-state index contributed by atoms with van der Waals surface area (Å²) in [7, 11) is 0. The molecular formula is C17H21N2O3+. The van der Waals surface area contributed by atoms with Gasteiger partial charge in [0.2, 0.25) is 0 Å². The molecular weight excluding hydrogens is 280 g/mol. The Balaban J connectivity index is 3.28. The smallest absolute Gasteiger partial charge is 0.297 e. The second-order valence-corrected chi connectivity index (χ2v) is 5.27. The second-order valence-electron chi connectivity index (χ2n) is 5.27. The van der Waals surface area contributed by atoms with Crippen LogP contribution < -0.4 is 5.43 Å². The van der Waals surface area contributed by atoms with Gasteiger partial charge in [0, 0.05) is 16.7 Å². The van der Waals surface area contributed by atoms with Gasteiger partial charge < -0.3 is 0 Å². The Morgan fingerprint density at radius 1 is 1.14 bits per heavy atom. The molecule has 2 amide bonds. The van der Waals surface area contributed by atoms with Gasteiger partial charge in [0.05, 0.1) is 0 Å². The molecule has 0 aromatic heterocycles. The highest BCUT2D eigenvalue weighted by molar-refractivity contribution is 5.94. The zero-order valence-electron chi connectivity index (χ0n) is 13.0. The molecule has 5 nitrogen and oxygen atoms in total. The molecule has 0 fully saturated rings. The van der Waals surface area contributed by atoms with Crippen molar-refractivity contribution in [2.45, 2.75) is 20.4 Å². The summed E-state index contributed by atoms with van der Waals surface area (Å²) in [6.45, 7) is 10.3. The lowest BCUT2D eigenvalue weighted by Crippen LogP contribution is -2.64. The van der Waals surface area contributed by atoms with E-state index in [0.717, 1.165) is 5.56 Å². The number of quaternary nitrogens is 1. The molecule has 1 aromatic rings. The molecule has 0 heterocycles. The van der Waals surface area contributed by atoms with E-state index in [9.17, 15) is 14.4 Å². The van der Waals surface area contributed by atoms with Gasteiger partial charge in [-0.1, -0.05) is 43.5 Å². The number of aldehydes is 1. The molecule has 5 heteroatoms. The van der Waals surface area contributed by atoms with E-state index in [1.807, 2.05) is 30.3 Å². The number of rotatable bonds is 6. The number of hydrogen-bond acceptors (Lipinski definition) is 3. The number of nitrogens with one attached hydrogen (secondary N) is 1. The average Bonchev–Trinajstić information content (AvgIpc) is 2.47. The molecule has 0 saturated carbocycles. The van der Waals surface area contributed by atoms with Crippen LogP contribution in [0.15, 0.2) is 54.6 Å². The summed E-state index contributed by atoms with van der Waals surface area (Å²) in [6.07, 6.45) is 0.614. The van der Waals surface area contributed by atoms with Gasteiger partial charge in [-0.3, -0.25) is 9.59 Å². The molecule has 1 rings (SSSR count). The Labute approximate surface area is 130 Å². The van der Waals surface area contributed by atoms with E-state index in [0.29, 0.717) is 6.29 Å². The van der Waals surface area contributed by atoms with Gasteiger partial charge in [0.1, 0.15) is 6.54 Å². The van der Waals surface area contributed by atoms with Crippen LogP contribution in [-0.4, -0.2) is 29.2 Å². The Hall–Kier alpha value is -2.53. The summed E-state index contributed by atoms with van der Waals surface area (Å²) in [4.78, 5) is 35.7. The first kappa shape index (κ1) is 17.5. The molecule has 1 unspecified atom stereocenters. The van der Waals surface area contributed by atoms with Crippen molar-refractivity contribution in [1.82, 2.24) is 5.43 Å². The fourth-order valence-corrected chi connectivity index (χ4v) is 2.03. The van der Waals surface area contributed by atoms with Gasteiger partial charge in [-0.2, -0.15) is 5.43 Å². The third-order valence-electron chi connectivity index (χ3n) is 3.14. The third kappa shape index (κ3) is 4.23. The fourth-order valence-electron chi connectivity index (χ4n) is 2.03. The van der Waals surface area contributed by atoms with Gasteiger partial charge in [-0.05, 0) is 13.8 Å². The van der Waals surface area contributed by atoms with Crippen LogP contribution in [0.2, 0.25) is 0 Å². The first-order chi connectivity index (χ1) is 10.3. The molecule has 116 valence electrons. The zero-order valence-corrected chi connectivity index (χ0v) is 13.0. The van der Waals surface area contributed by atoms with Crippen LogP contribution in [0.5, 0.6) is 0 Å². The van der Waals surface area contributed by atoms with Gasteiger partial charge in [-0.25, -0.2) is 4.79 Å². The molecule has 1 atom stereocenters. The maximum atomic E-state index is 12.6. The van der Waals surface area contributed by atoms with Crippen molar-refractivity contribution in [2.75, 3.05) is 6.54 Å². The lowest BCUT2D eigenvalue weighted by Gasteiger charge is -2.33. The maximum Gasteiger partial charge on any atom is 0.365 e. The minimum absolute atomic E-state index is 0.157. The molecule has 22 heavy (non-hydrogen) atoms. The molecule has 1 aromatic carbocycles. The Kier molecular flexibility index (Phi) is 5.95. The molecule has 0 radical (unpaired) electrons. The normalized spacial score (nSPS) is 12.8. The first-order valence-electron chi connectivity index (χ1n) is 6.85. The van der Waals surface area contributed by atoms with Crippen molar-refractivity contribution in [1.29, 1.82) is 0 Å². The summed E-state index contributed by atoms with van der Waals surface area (Å²) in [5.74, 6) is -0.891. The highest BCUT2D eigenvalue weighted by Gasteiger charge is 2.39. The van der Waals surface area contributed by atoms with E-state index in [2.05, 4.69) is 18.6 Å². The van der Waals surface area contributed by atoms with Crippen LogP contribution in [0.4, 0.5) is 0 Å². The van der Waals surface area contributed by atoms with Crippen LogP contribution in [-0.2, 0) is 20.9 Å². The fraction of sp³-hybridized carbons (Fsp3) is 0.235. The number of amides is 2. The predicted octanol–water partition coefficient (Wildman–Crippen LogP) is 1.91. The summed E-state index contributed by atoms with van der Waals surface area (Å²) >= 11 is 0. The molecule has 0 bridgehead atoms. The Morgan fingerprint density at radius 3 is 2.18 bits per heavy atom. The van der Waals surface area contributed by atoms with Crippen LogP contribution in [0, 0.1) is 0 Å². The minimum atomic E-state index is -0.533. The van der Waals surface area contributed by atoms with E-state index in [4.69, 9.17) is 0 Å². The summed E-state index contributed by atoms with van der Waals surface area (Å²) in [5, 5.41) is 0. The lowest BCUT2D eigenvalue weighted by atomic mass is 10.1. The van der Waals surface area contributed by atoms with Gasteiger partial charge in [0.15, 0.2) is 12.8 Å². The average molecular weight is 301 g/mol. The van der Waals surface area contributed by atoms with Crippen molar-refractivity contribution in [2.24, 2.45) is 0 Å². The maximum absolute atomic E-state index is 12.6. The molecule has 0 saturated heterocycles.